The summed E-state index contributed by atoms with van der Waals surface area (Å²) in [5.41, 5.74) is 2.61. The van der Waals surface area contributed by atoms with Gasteiger partial charge in [0.2, 0.25) is 16.9 Å². The SMILES string of the molecule is COc1cc(C=CC(=O)Oc2ccc3c(=O)c(Oc4cc(C)cc(C)c4)coc3c2)cc(OC)c1OC. The van der Waals surface area contributed by atoms with Crippen molar-refractivity contribution in [1.29, 1.82) is 0 Å². The molecule has 1 heterocycles. The van der Waals surface area contributed by atoms with Gasteiger partial charge in [-0.3, -0.25) is 4.79 Å². The molecule has 0 spiro atoms. The van der Waals surface area contributed by atoms with Crippen LogP contribution in [0.3, 0.4) is 0 Å². The number of rotatable bonds is 8. The normalized spacial score (nSPS) is 10.9. The first-order chi connectivity index (χ1) is 17.8. The van der Waals surface area contributed by atoms with Crippen LogP contribution in [0.1, 0.15) is 16.7 Å². The standard InChI is InChI=1S/C29H26O8/c1-17-10-18(2)12-21(11-17)36-26-16-35-23-15-20(7-8-22(23)28(26)31)37-27(30)9-6-19-13-24(32-3)29(34-5)25(14-19)33-4/h6-16H,1-5H3. The average Bonchev–Trinajstić information content (AvgIpc) is 2.87. The Morgan fingerprint density at radius 1 is 0.811 bits per heavy atom. The fourth-order valence-electron chi connectivity index (χ4n) is 3.86. The third-order valence-corrected chi connectivity index (χ3v) is 5.45. The van der Waals surface area contributed by atoms with Gasteiger partial charge in [0.1, 0.15) is 23.3 Å². The third kappa shape index (κ3) is 5.75. The zero-order valence-corrected chi connectivity index (χ0v) is 21.1. The van der Waals surface area contributed by atoms with E-state index in [0.29, 0.717) is 33.9 Å². The predicted molar refractivity (Wildman–Crippen MR) is 139 cm³/mol. The number of carbonyl (C=O) groups is 1. The Morgan fingerprint density at radius 2 is 1.49 bits per heavy atom. The Labute approximate surface area is 213 Å². The van der Waals surface area contributed by atoms with Gasteiger partial charge >= 0.3 is 5.97 Å². The summed E-state index contributed by atoms with van der Waals surface area (Å²) in [6, 6.07) is 13.6. The highest BCUT2D eigenvalue weighted by Crippen LogP contribution is 2.38. The molecule has 0 amide bonds. The van der Waals surface area contributed by atoms with Crippen molar-refractivity contribution >= 4 is 23.0 Å². The molecule has 4 rings (SSSR count). The molecule has 0 unspecified atom stereocenters. The molecule has 1 aromatic heterocycles. The number of hydrogen-bond acceptors (Lipinski definition) is 8. The minimum atomic E-state index is -0.620. The van der Waals surface area contributed by atoms with Crippen LogP contribution in [0.15, 0.2) is 70.1 Å². The Kier molecular flexibility index (Phi) is 7.48. The van der Waals surface area contributed by atoms with Crippen LogP contribution in [0, 0.1) is 13.8 Å². The number of aryl methyl sites for hydroxylation is 2. The van der Waals surface area contributed by atoms with Crippen molar-refractivity contribution in [3.8, 4) is 34.5 Å². The van der Waals surface area contributed by atoms with E-state index in [2.05, 4.69) is 0 Å². The molecular weight excluding hydrogens is 476 g/mol. The van der Waals surface area contributed by atoms with Gasteiger partial charge in [-0.2, -0.15) is 0 Å². The Balaban J connectivity index is 1.51. The second kappa shape index (κ2) is 10.9. The van der Waals surface area contributed by atoms with Crippen LogP contribution < -0.4 is 29.1 Å². The lowest BCUT2D eigenvalue weighted by molar-refractivity contribution is -0.128. The molecule has 3 aromatic carbocycles. The topological polar surface area (TPSA) is 93.4 Å². The maximum atomic E-state index is 12.9. The van der Waals surface area contributed by atoms with Gasteiger partial charge in [-0.05, 0) is 73.0 Å². The highest BCUT2D eigenvalue weighted by Gasteiger charge is 2.14. The lowest BCUT2D eigenvalue weighted by Crippen LogP contribution is -2.06. The second-order valence-corrected chi connectivity index (χ2v) is 8.23. The fourth-order valence-corrected chi connectivity index (χ4v) is 3.86. The van der Waals surface area contributed by atoms with Crippen LogP contribution >= 0.6 is 0 Å². The number of ether oxygens (including phenoxy) is 5. The molecule has 0 saturated heterocycles. The first kappa shape index (κ1) is 25.4. The zero-order valence-electron chi connectivity index (χ0n) is 21.1. The van der Waals surface area contributed by atoms with Crippen molar-refractivity contribution in [3.63, 3.8) is 0 Å². The van der Waals surface area contributed by atoms with Gasteiger partial charge in [0, 0.05) is 12.1 Å². The van der Waals surface area contributed by atoms with Gasteiger partial charge in [0.05, 0.1) is 26.7 Å². The Bertz CT molecular complexity index is 1500. The first-order valence-corrected chi connectivity index (χ1v) is 11.3. The van der Waals surface area contributed by atoms with Crippen LogP contribution in [0.4, 0.5) is 0 Å². The van der Waals surface area contributed by atoms with Gasteiger partial charge < -0.3 is 28.1 Å². The molecule has 0 radical (unpaired) electrons. The summed E-state index contributed by atoms with van der Waals surface area (Å²) in [6.07, 6.45) is 4.07. The van der Waals surface area contributed by atoms with E-state index >= 15 is 0 Å². The lowest BCUT2D eigenvalue weighted by Gasteiger charge is -2.12. The quantitative estimate of drug-likeness (QED) is 0.168. The highest BCUT2D eigenvalue weighted by molar-refractivity contribution is 5.89. The van der Waals surface area contributed by atoms with E-state index in [4.69, 9.17) is 28.1 Å². The van der Waals surface area contributed by atoms with Crippen molar-refractivity contribution in [3.05, 3.63) is 87.8 Å². The zero-order chi connectivity index (χ0) is 26.5. The van der Waals surface area contributed by atoms with Crippen LogP contribution in [0.25, 0.3) is 17.0 Å². The van der Waals surface area contributed by atoms with Gasteiger partial charge in [0.15, 0.2) is 11.5 Å². The molecule has 0 N–H and O–H groups in total. The monoisotopic (exact) mass is 502 g/mol. The molecule has 37 heavy (non-hydrogen) atoms. The van der Waals surface area contributed by atoms with E-state index in [0.717, 1.165) is 11.1 Å². The van der Waals surface area contributed by atoms with Crippen LogP contribution in [0.5, 0.6) is 34.5 Å². The van der Waals surface area contributed by atoms with Gasteiger partial charge in [-0.15, -0.1) is 0 Å². The molecule has 0 atom stereocenters. The molecule has 8 heteroatoms. The molecule has 0 fully saturated rings. The summed E-state index contributed by atoms with van der Waals surface area (Å²) in [7, 11) is 4.53. The smallest absolute Gasteiger partial charge is 0.336 e. The van der Waals surface area contributed by atoms with Gasteiger partial charge in [-0.25, -0.2) is 4.79 Å². The number of carbonyl (C=O) groups excluding carboxylic acids is 1. The molecule has 4 aromatic rings. The van der Waals surface area contributed by atoms with Crippen molar-refractivity contribution in [1.82, 2.24) is 0 Å². The predicted octanol–water partition coefficient (Wildman–Crippen LogP) is 5.85. The van der Waals surface area contributed by atoms with Crippen molar-refractivity contribution in [2.24, 2.45) is 0 Å². The molecule has 0 aliphatic heterocycles. The van der Waals surface area contributed by atoms with E-state index in [-0.39, 0.29) is 22.5 Å². The number of methoxy groups -OCH3 is 3. The minimum Gasteiger partial charge on any atom is -0.493 e. The molecule has 190 valence electrons. The first-order valence-electron chi connectivity index (χ1n) is 11.3. The maximum Gasteiger partial charge on any atom is 0.336 e. The molecule has 0 bridgehead atoms. The molecule has 0 saturated carbocycles. The van der Waals surface area contributed by atoms with Gasteiger partial charge in [-0.1, -0.05) is 6.07 Å². The summed E-state index contributed by atoms with van der Waals surface area (Å²) in [5, 5.41) is 0.301. The maximum absolute atomic E-state index is 12.9. The number of fused-ring (bicyclic) bond motifs is 1. The third-order valence-electron chi connectivity index (χ3n) is 5.45. The summed E-state index contributed by atoms with van der Waals surface area (Å²) < 4.78 is 32.7. The van der Waals surface area contributed by atoms with E-state index in [1.807, 2.05) is 32.0 Å². The van der Waals surface area contributed by atoms with E-state index < -0.39 is 5.97 Å². The average molecular weight is 503 g/mol. The lowest BCUT2D eigenvalue weighted by atomic mass is 10.1. The largest absolute Gasteiger partial charge is 0.493 e. The van der Waals surface area contributed by atoms with Crippen LogP contribution in [-0.4, -0.2) is 27.3 Å². The van der Waals surface area contributed by atoms with Crippen molar-refractivity contribution in [2.45, 2.75) is 13.8 Å². The fraction of sp³-hybridized carbons (Fsp3) is 0.172. The summed E-state index contributed by atoms with van der Waals surface area (Å²) in [5.74, 6) is 1.58. The van der Waals surface area contributed by atoms with E-state index in [1.54, 1.807) is 18.2 Å². The summed E-state index contributed by atoms with van der Waals surface area (Å²) in [6.45, 7) is 3.90. The summed E-state index contributed by atoms with van der Waals surface area (Å²) >= 11 is 0. The number of benzene rings is 3. The van der Waals surface area contributed by atoms with Gasteiger partial charge in [0.25, 0.3) is 0 Å². The van der Waals surface area contributed by atoms with E-state index in [9.17, 15) is 9.59 Å². The van der Waals surface area contributed by atoms with Crippen LogP contribution in [0.2, 0.25) is 0 Å². The van der Waals surface area contributed by atoms with Crippen molar-refractivity contribution in [2.75, 3.05) is 21.3 Å². The minimum absolute atomic E-state index is 0.0653. The molecule has 0 aliphatic carbocycles. The molecule has 0 aliphatic rings. The number of hydrogen-bond donors (Lipinski definition) is 0. The second-order valence-electron chi connectivity index (χ2n) is 8.23. The van der Waals surface area contributed by atoms with E-state index in [1.165, 1.54) is 51.9 Å². The number of esters is 1. The summed E-state index contributed by atoms with van der Waals surface area (Å²) in [4.78, 5) is 25.3. The highest BCUT2D eigenvalue weighted by atomic mass is 16.5. The van der Waals surface area contributed by atoms with Crippen LogP contribution in [-0.2, 0) is 4.79 Å². The Morgan fingerprint density at radius 3 is 2.11 bits per heavy atom. The molecular formula is C29H26O8. The van der Waals surface area contributed by atoms with Crippen molar-refractivity contribution < 1.29 is 32.9 Å². The molecule has 8 nitrogen and oxygen atoms in total. The Hall–Kier alpha value is -4.72.